The number of nitrogens with zero attached hydrogens (tertiary/aromatic N) is 1. The largest absolute Gasteiger partial charge is 0.497 e. The molecule has 1 atom stereocenters. The molecule has 0 aliphatic carbocycles. The van der Waals surface area contributed by atoms with Gasteiger partial charge < -0.3 is 14.4 Å². The summed E-state index contributed by atoms with van der Waals surface area (Å²) in [5.74, 6) is 0.489. The van der Waals surface area contributed by atoms with E-state index in [9.17, 15) is 13.2 Å². The SMILES string of the molecule is COc1ccc(OC)c(S(=O)(=O)NC2CC(=O)N(c3ccccc3)C2)c1. The lowest BCUT2D eigenvalue weighted by molar-refractivity contribution is -0.117. The Balaban J connectivity index is 1.82. The molecule has 26 heavy (non-hydrogen) atoms. The highest BCUT2D eigenvalue weighted by atomic mass is 32.2. The summed E-state index contributed by atoms with van der Waals surface area (Å²) in [5.41, 5.74) is 0.748. The Morgan fingerprint density at radius 2 is 1.81 bits per heavy atom. The van der Waals surface area contributed by atoms with E-state index < -0.39 is 16.1 Å². The van der Waals surface area contributed by atoms with Crippen LogP contribution in [0.5, 0.6) is 11.5 Å². The molecule has 1 saturated heterocycles. The monoisotopic (exact) mass is 376 g/mol. The summed E-state index contributed by atoms with van der Waals surface area (Å²) in [6.07, 6.45) is 0.0976. The fraction of sp³-hybridized carbons (Fsp3) is 0.278. The topological polar surface area (TPSA) is 84.9 Å². The average Bonchev–Trinajstić information content (AvgIpc) is 3.01. The number of rotatable bonds is 6. The number of carbonyl (C=O) groups is 1. The van der Waals surface area contributed by atoms with E-state index in [2.05, 4.69) is 4.72 Å². The minimum Gasteiger partial charge on any atom is -0.497 e. The molecule has 0 radical (unpaired) electrons. The smallest absolute Gasteiger partial charge is 0.244 e. The van der Waals surface area contributed by atoms with Gasteiger partial charge in [0.05, 0.1) is 14.2 Å². The maximum absolute atomic E-state index is 12.8. The Labute approximate surface area is 152 Å². The van der Waals surface area contributed by atoms with Crippen molar-refractivity contribution in [2.24, 2.45) is 0 Å². The quantitative estimate of drug-likeness (QED) is 0.831. The van der Waals surface area contributed by atoms with Crippen molar-refractivity contribution in [1.82, 2.24) is 4.72 Å². The minimum absolute atomic E-state index is 0.0232. The van der Waals surface area contributed by atoms with Crippen molar-refractivity contribution in [2.75, 3.05) is 25.7 Å². The van der Waals surface area contributed by atoms with Crippen LogP contribution in [0.4, 0.5) is 5.69 Å². The first-order valence-electron chi connectivity index (χ1n) is 8.04. The summed E-state index contributed by atoms with van der Waals surface area (Å²) in [6, 6.07) is 13.2. The normalized spacial score (nSPS) is 17.4. The Bertz CT molecular complexity index is 899. The molecule has 1 unspecified atom stereocenters. The Morgan fingerprint density at radius 3 is 2.46 bits per heavy atom. The molecule has 0 spiro atoms. The standard InChI is InChI=1S/C18H20N2O5S/c1-24-15-8-9-16(25-2)17(11-15)26(22,23)19-13-10-18(21)20(12-13)14-6-4-3-5-7-14/h3-9,11,13,19H,10,12H2,1-2H3. The second-order valence-electron chi connectivity index (χ2n) is 5.88. The van der Waals surface area contributed by atoms with Crippen LogP contribution in [-0.2, 0) is 14.8 Å². The van der Waals surface area contributed by atoms with Crippen molar-refractivity contribution < 1.29 is 22.7 Å². The second-order valence-corrected chi connectivity index (χ2v) is 7.56. The molecule has 1 fully saturated rings. The summed E-state index contributed by atoms with van der Waals surface area (Å²) in [6.45, 7) is 0.272. The van der Waals surface area contributed by atoms with Crippen LogP contribution in [-0.4, -0.2) is 41.1 Å². The first-order valence-corrected chi connectivity index (χ1v) is 9.52. The number of benzene rings is 2. The van der Waals surface area contributed by atoms with E-state index in [1.165, 1.54) is 26.4 Å². The molecule has 0 aromatic heterocycles. The Kier molecular flexibility index (Phi) is 5.15. The number of hydrogen-bond acceptors (Lipinski definition) is 5. The first-order chi connectivity index (χ1) is 12.4. The number of amides is 1. The molecular weight excluding hydrogens is 356 g/mol. The van der Waals surface area contributed by atoms with E-state index in [1.807, 2.05) is 30.3 Å². The zero-order chi connectivity index (χ0) is 18.7. The molecule has 1 N–H and O–H groups in total. The van der Waals surface area contributed by atoms with Crippen LogP contribution >= 0.6 is 0 Å². The van der Waals surface area contributed by atoms with Crippen LogP contribution in [0.15, 0.2) is 53.4 Å². The van der Waals surface area contributed by atoms with Gasteiger partial charge >= 0.3 is 0 Å². The van der Waals surface area contributed by atoms with E-state index >= 15 is 0 Å². The van der Waals surface area contributed by atoms with Gasteiger partial charge in [0.15, 0.2) is 0 Å². The maximum Gasteiger partial charge on any atom is 0.244 e. The molecule has 0 bridgehead atoms. The number of anilines is 1. The van der Waals surface area contributed by atoms with Gasteiger partial charge in [0.2, 0.25) is 15.9 Å². The molecule has 7 nitrogen and oxygen atoms in total. The fourth-order valence-electron chi connectivity index (χ4n) is 2.92. The highest BCUT2D eigenvalue weighted by Gasteiger charge is 2.34. The van der Waals surface area contributed by atoms with Crippen LogP contribution < -0.4 is 19.1 Å². The number of hydrogen-bond donors (Lipinski definition) is 1. The minimum atomic E-state index is -3.88. The summed E-state index contributed by atoms with van der Waals surface area (Å²) >= 11 is 0. The van der Waals surface area contributed by atoms with Crippen LogP contribution in [0.1, 0.15) is 6.42 Å². The van der Waals surface area contributed by atoms with E-state index in [-0.39, 0.29) is 29.5 Å². The van der Waals surface area contributed by atoms with Gasteiger partial charge in [-0.2, -0.15) is 0 Å². The van der Waals surface area contributed by atoms with E-state index in [0.717, 1.165) is 5.69 Å². The van der Waals surface area contributed by atoms with E-state index in [1.54, 1.807) is 11.0 Å². The van der Waals surface area contributed by atoms with Gasteiger partial charge in [-0.05, 0) is 24.3 Å². The molecule has 1 amide bonds. The van der Waals surface area contributed by atoms with Gasteiger partial charge in [0.1, 0.15) is 16.4 Å². The number of nitrogens with one attached hydrogen (secondary N) is 1. The zero-order valence-corrected chi connectivity index (χ0v) is 15.3. The zero-order valence-electron chi connectivity index (χ0n) is 14.5. The van der Waals surface area contributed by atoms with Crippen molar-refractivity contribution >= 4 is 21.6 Å². The molecule has 1 heterocycles. The van der Waals surface area contributed by atoms with Gasteiger partial charge in [-0.25, -0.2) is 13.1 Å². The Hall–Kier alpha value is -2.58. The number of carbonyl (C=O) groups excluding carboxylic acids is 1. The molecule has 138 valence electrons. The van der Waals surface area contributed by atoms with Gasteiger partial charge in [-0.15, -0.1) is 0 Å². The van der Waals surface area contributed by atoms with Crippen molar-refractivity contribution in [2.45, 2.75) is 17.4 Å². The molecule has 1 aliphatic heterocycles. The lowest BCUT2D eigenvalue weighted by Crippen LogP contribution is -2.37. The predicted molar refractivity (Wildman–Crippen MR) is 97.1 cm³/mol. The fourth-order valence-corrected chi connectivity index (χ4v) is 4.33. The second kappa shape index (κ2) is 7.35. The molecule has 0 saturated carbocycles. The lowest BCUT2D eigenvalue weighted by atomic mass is 10.3. The van der Waals surface area contributed by atoms with Gasteiger partial charge in [-0.1, -0.05) is 18.2 Å². The summed E-state index contributed by atoms with van der Waals surface area (Å²) in [7, 11) is -1.02. The van der Waals surface area contributed by atoms with Crippen LogP contribution in [0.2, 0.25) is 0 Å². The van der Waals surface area contributed by atoms with Crippen molar-refractivity contribution in [3.8, 4) is 11.5 Å². The third kappa shape index (κ3) is 3.66. The third-order valence-electron chi connectivity index (χ3n) is 4.18. The highest BCUT2D eigenvalue weighted by molar-refractivity contribution is 7.89. The molecule has 3 rings (SSSR count). The van der Waals surface area contributed by atoms with E-state index in [4.69, 9.17) is 9.47 Å². The van der Waals surface area contributed by atoms with Gasteiger partial charge in [0, 0.05) is 30.8 Å². The predicted octanol–water partition coefficient (Wildman–Crippen LogP) is 1.79. The van der Waals surface area contributed by atoms with Crippen LogP contribution in [0, 0.1) is 0 Å². The first kappa shape index (κ1) is 18.2. The number of methoxy groups -OCH3 is 2. The molecule has 2 aromatic rings. The Morgan fingerprint density at radius 1 is 1.08 bits per heavy atom. The molecule has 8 heteroatoms. The number of ether oxygens (including phenoxy) is 2. The maximum atomic E-state index is 12.8. The molecule has 2 aromatic carbocycles. The van der Waals surface area contributed by atoms with E-state index in [0.29, 0.717) is 5.75 Å². The van der Waals surface area contributed by atoms with Crippen LogP contribution in [0.3, 0.4) is 0 Å². The van der Waals surface area contributed by atoms with Crippen molar-refractivity contribution in [1.29, 1.82) is 0 Å². The van der Waals surface area contributed by atoms with Crippen LogP contribution in [0.25, 0.3) is 0 Å². The van der Waals surface area contributed by atoms with Crippen molar-refractivity contribution in [3.63, 3.8) is 0 Å². The summed E-state index contributed by atoms with van der Waals surface area (Å²) in [4.78, 5) is 13.8. The highest BCUT2D eigenvalue weighted by Crippen LogP contribution is 2.29. The number of para-hydroxylation sites is 1. The lowest BCUT2D eigenvalue weighted by Gasteiger charge is -2.18. The van der Waals surface area contributed by atoms with Gasteiger partial charge in [-0.3, -0.25) is 4.79 Å². The summed E-state index contributed by atoms with van der Waals surface area (Å²) in [5, 5.41) is 0. The molecular formula is C18H20N2O5S. The number of sulfonamides is 1. The average molecular weight is 376 g/mol. The third-order valence-corrected chi connectivity index (χ3v) is 5.72. The molecule has 1 aliphatic rings. The summed E-state index contributed by atoms with van der Waals surface area (Å²) < 4.78 is 38.5. The van der Waals surface area contributed by atoms with Crippen molar-refractivity contribution in [3.05, 3.63) is 48.5 Å². The van der Waals surface area contributed by atoms with Gasteiger partial charge in [0.25, 0.3) is 0 Å².